The molecule has 1 amide bonds. The summed E-state index contributed by atoms with van der Waals surface area (Å²) in [6, 6.07) is 8.24. The van der Waals surface area contributed by atoms with E-state index < -0.39 is 0 Å². The van der Waals surface area contributed by atoms with Crippen molar-refractivity contribution in [2.24, 2.45) is 11.0 Å². The first-order valence-corrected chi connectivity index (χ1v) is 7.30. The van der Waals surface area contributed by atoms with E-state index in [1.54, 1.807) is 6.21 Å². The van der Waals surface area contributed by atoms with Gasteiger partial charge in [-0.2, -0.15) is 5.10 Å². The molecule has 0 atom stereocenters. The molecular formula is C16H23N3O. The standard InChI is InChI=1S/C16H23N3O/c1-12(2)14-5-3-13(4-6-14)11-18-19-16(20)15-7-9-17-10-8-15/h3-6,11-12,15,17H,7-10H2,1-2H3,(H,19,20)/b18-11+. The fraction of sp³-hybridized carbons (Fsp3) is 0.500. The molecule has 4 heteroatoms. The van der Waals surface area contributed by atoms with E-state index in [-0.39, 0.29) is 11.8 Å². The maximum Gasteiger partial charge on any atom is 0.243 e. The highest BCUT2D eigenvalue weighted by atomic mass is 16.2. The van der Waals surface area contributed by atoms with E-state index in [9.17, 15) is 4.79 Å². The van der Waals surface area contributed by atoms with Crippen molar-refractivity contribution in [2.45, 2.75) is 32.6 Å². The molecule has 1 aromatic rings. The molecule has 1 fully saturated rings. The summed E-state index contributed by atoms with van der Waals surface area (Å²) >= 11 is 0. The predicted octanol–water partition coefficient (Wildman–Crippen LogP) is 2.26. The van der Waals surface area contributed by atoms with Crippen LogP contribution in [-0.2, 0) is 4.79 Å². The molecule has 2 N–H and O–H groups in total. The molecule has 1 aliphatic heterocycles. The lowest BCUT2D eigenvalue weighted by molar-refractivity contribution is -0.125. The lowest BCUT2D eigenvalue weighted by atomic mass is 9.98. The van der Waals surface area contributed by atoms with Gasteiger partial charge in [-0.15, -0.1) is 0 Å². The highest BCUT2D eigenvalue weighted by Crippen LogP contribution is 2.14. The van der Waals surface area contributed by atoms with Crippen molar-refractivity contribution >= 4 is 12.1 Å². The van der Waals surface area contributed by atoms with Gasteiger partial charge < -0.3 is 5.32 Å². The Kier molecular flexibility index (Phi) is 5.30. The molecule has 0 spiro atoms. The topological polar surface area (TPSA) is 53.5 Å². The Labute approximate surface area is 120 Å². The molecule has 0 saturated carbocycles. The summed E-state index contributed by atoms with van der Waals surface area (Å²) in [6.07, 6.45) is 3.48. The van der Waals surface area contributed by atoms with Gasteiger partial charge in [0.25, 0.3) is 0 Å². The van der Waals surface area contributed by atoms with Crippen LogP contribution in [0.4, 0.5) is 0 Å². The Bertz CT molecular complexity index is 459. The molecule has 0 aromatic heterocycles. The van der Waals surface area contributed by atoms with Crippen molar-refractivity contribution in [1.82, 2.24) is 10.7 Å². The number of hydrogen-bond donors (Lipinski definition) is 2. The minimum absolute atomic E-state index is 0.0292. The molecular weight excluding hydrogens is 250 g/mol. The van der Waals surface area contributed by atoms with Crippen LogP contribution in [0.1, 0.15) is 43.7 Å². The first kappa shape index (κ1) is 14.7. The number of amides is 1. The van der Waals surface area contributed by atoms with Gasteiger partial charge in [0.15, 0.2) is 0 Å². The second kappa shape index (κ2) is 7.20. The monoisotopic (exact) mass is 273 g/mol. The van der Waals surface area contributed by atoms with E-state index in [1.165, 1.54) is 5.56 Å². The Morgan fingerprint density at radius 2 is 1.95 bits per heavy atom. The van der Waals surface area contributed by atoms with Crippen LogP contribution in [0.25, 0.3) is 0 Å². The minimum atomic E-state index is 0.0292. The summed E-state index contributed by atoms with van der Waals surface area (Å²) in [4.78, 5) is 11.9. The molecule has 1 aliphatic rings. The van der Waals surface area contributed by atoms with Gasteiger partial charge in [-0.25, -0.2) is 5.43 Å². The van der Waals surface area contributed by atoms with Gasteiger partial charge in [0.05, 0.1) is 6.21 Å². The van der Waals surface area contributed by atoms with Crippen LogP contribution >= 0.6 is 0 Å². The first-order valence-electron chi connectivity index (χ1n) is 7.30. The number of carbonyl (C=O) groups is 1. The van der Waals surface area contributed by atoms with Gasteiger partial charge in [0.1, 0.15) is 0 Å². The molecule has 0 bridgehead atoms. The first-order chi connectivity index (χ1) is 9.66. The summed E-state index contributed by atoms with van der Waals surface area (Å²) in [5.41, 5.74) is 4.95. The largest absolute Gasteiger partial charge is 0.317 e. The van der Waals surface area contributed by atoms with Gasteiger partial charge in [-0.3, -0.25) is 4.79 Å². The minimum Gasteiger partial charge on any atom is -0.317 e. The predicted molar refractivity (Wildman–Crippen MR) is 81.9 cm³/mol. The average Bonchev–Trinajstić information content (AvgIpc) is 2.48. The quantitative estimate of drug-likeness (QED) is 0.653. The zero-order valence-electron chi connectivity index (χ0n) is 12.2. The lowest BCUT2D eigenvalue weighted by Crippen LogP contribution is -2.36. The number of nitrogens with one attached hydrogen (secondary N) is 2. The van der Waals surface area contributed by atoms with Crippen molar-refractivity contribution in [3.8, 4) is 0 Å². The number of carbonyl (C=O) groups excluding carboxylic acids is 1. The van der Waals surface area contributed by atoms with Gasteiger partial charge in [0, 0.05) is 5.92 Å². The van der Waals surface area contributed by atoms with E-state index >= 15 is 0 Å². The van der Waals surface area contributed by atoms with Gasteiger partial charge in [-0.05, 0) is 43.0 Å². The van der Waals surface area contributed by atoms with Gasteiger partial charge in [-0.1, -0.05) is 38.1 Å². The fourth-order valence-electron chi connectivity index (χ4n) is 2.31. The van der Waals surface area contributed by atoms with E-state index in [2.05, 4.69) is 41.8 Å². The van der Waals surface area contributed by atoms with Crippen LogP contribution in [0.15, 0.2) is 29.4 Å². The van der Waals surface area contributed by atoms with E-state index in [0.717, 1.165) is 31.5 Å². The fourth-order valence-corrected chi connectivity index (χ4v) is 2.31. The van der Waals surface area contributed by atoms with E-state index in [4.69, 9.17) is 0 Å². The molecule has 1 heterocycles. The number of hydrazone groups is 1. The van der Waals surface area contributed by atoms with Gasteiger partial charge in [0.2, 0.25) is 5.91 Å². The Hall–Kier alpha value is -1.68. The normalized spacial score (nSPS) is 16.8. The average molecular weight is 273 g/mol. The molecule has 2 rings (SSSR count). The van der Waals surface area contributed by atoms with Crippen molar-refractivity contribution in [3.63, 3.8) is 0 Å². The van der Waals surface area contributed by atoms with Crippen LogP contribution in [0, 0.1) is 5.92 Å². The van der Waals surface area contributed by atoms with Crippen LogP contribution in [0.2, 0.25) is 0 Å². The summed E-state index contributed by atoms with van der Waals surface area (Å²) in [6.45, 7) is 6.17. The second-order valence-corrected chi connectivity index (χ2v) is 5.58. The SMILES string of the molecule is CC(C)c1ccc(/C=N/NC(=O)C2CCNCC2)cc1. The molecule has 1 saturated heterocycles. The Morgan fingerprint density at radius 3 is 2.55 bits per heavy atom. The Morgan fingerprint density at radius 1 is 1.30 bits per heavy atom. The zero-order chi connectivity index (χ0) is 14.4. The third-order valence-electron chi connectivity index (χ3n) is 3.70. The number of nitrogens with zero attached hydrogens (tertiary/aromatic N) is 1. The Balaban J connectivity index is 1.84. The molecule has 20 heavy (non-hydrogen) atoms. The maximum atomic E-state index is 11.9. The van der Waals surface area contributed by atoms with Crippen molar-refractivity contribution in [1.29, 1.82) is 0 Å². The molecule has 4 nitrogen and oxygen atoms in total. The van der Waals surface area contributed by atoms with Gasteiger partial charge >= 0.3 is 0 Å². The van der Waals surface area contributed by atoms with E-state index in [1.807, 2.05) is 12.1 Å². The molecule has 108 valence electrons. The molecule has 0 aliphatic carbocycles. The smallest absolute Gasteiger partial charge is 0.243 e. The number of hydrogen-bond acceptors (Lipinski definition) is 3. The summed E-state index contributed by atoms with van der Waals surface area (Å²) in [5.74, 6) is 0.652. The van der Waals surface area contributed by atoms with E-state index in [0.29, 0.717) is 5.92 Å². The molecule has 0 unspecified atom stereocenters. The maximum absolute atomic E-state index is 11.9. The second-order valence-electron chi connectivity index (χ2n) is 5.58. The van der Waals surface area contributed by atoms with Crippen molar-refractivity contribution in [3.05, 3.63) is 35.4 Å². The highest BCUT2D eigenvalue weighted by molar-refractivity contribution is 5.83. The summed E-state index contributed by atoms with van der Waals surface area (Å²) in [7, 11) is 0. The summed E-state index contributed by atoms with van der Waals surface area (Å²) < 4.78 is 0. The molecule has 1 aromatic carbocycles. The lowest BCUT2D eigenvalue weighted by Gasteiger charge is -2.20. The number of piperidine rings is 1. The molecule has 0 radical (unpaired) electrons. The number of benzene rings is 1. The summed E-state index contributed by atoms with van der Waals surface area (Å²) in [5, 5.41) is 7.29. The van der Waals surface area contributed by atoms with Crippen LogP contribution in [0.3, 0.4) is 0 Å². The zero-order valence-corrected chi connectivity index (χ0v) is 12.2. The van der Waals surface area contributed by atoms with Crippen LogP contribution < -0.4 is 10.7 Å². The number of rotatable bonds is 4. The highest BCUT2D eigenvalue weighted by Gasteiger charge is 2.20. The third-order valence-corrected chi connectivity index (χ3v) is 3.70. The van der Waals surface area contributed by atoms with Crippen LogP contribution in [0.5, 0.6) is 0 Å². The van der Waals surface area contributed by atoms with Crippen molar-refractivity contribution < 1.29 is 4.79 Å². The third kappa shape index (κ3) is 4.17. The van der Waals surface area contributed by atoms with Crippen LogP contribution in [-0.4, -0.2) is 25.2 Å². The van der Waals surface area contributed by atoms with Crippen molar-refractivity contribution in [2.75, 3.05) is 13.1 Å².